The summed E-state index contributed by atoms with van der Waals surface area (Å²) in [6.45, 7) is -0.0686. The van der Waals surface area contributed by atoms with Crippen molar-refractivity contribution in [3.63, 3.8) is 0 Å². The zero-order valence-electron chi connectivity index (χ0n) is 15.7. The van der Waals surface area contributed by atoms with Crippen molar-refractivity contribution in [3.05, 3.63) is 65.6 Å². The molecule has 0 aliphatic carbocycles. The minimum absolute atomic E-state index is 0.0475. The molecule has 0 saturated heterocycles. The van der Waals surface area contributed by atoms with E-state index in [2.05, 4.69) is 15.6 Å². The topological polar surface area (TPSA) is 121 Å². The molecule has 1 aliphatic rings. The van der Waals surface area contributed by atoms with Crippen LogP contribution in [0.4, 0.5) is 11.4 Å². The first-order chi connectivity index (χ1) is 14.0. The van der Waals surface area contributed by atoms with Gasteiger partial charge in [0.2, 0.25) is 0 Å². The zero-order valence-corrected chi connectivity index (χ0v) is 15.7. The number of benzene rings is 1. The van der Waals surface area contributed by atoms with Crippen LogP contribution in [0.25, 0.3) is 0 Å². The van der Waals surface area contributed by atoms with Gasteiger partial charge < -0.3 is 25.4 Å². The number of amides is 2. The van der Waals surface area contributed by atoms with Crippen molar-refractivity contribution in [2.45, 2.75) is 0 Å². The summed E-state index contributed by atoms with van der Waals surface area (Å²) in [5.41, 5.74) is 1.68. The molecule has 9 heteroatoms. The first kappa shape index (κ1) is 20.0. The fraction of sp³-hybridized carbons (Fsp3) is 0.200. The number of methoxy groups -OCH3 is 1. The summed E-state index contributed by atoms with van der Waals surface area (Å²) < 4.78 is 4.76. The number of nitrogens with zero attached hydrogens (tertiary/aromatic N) is 2. The number of nitrogens with one attached hydrogen (secondary N) is 2. The van der Waals surface area contributed by atoms with E-state index in [0.717, 1.165) is 0 Å². The molecule has 0 unspecified atom stereocenters. The second-order valence-corrected chi connectivity index (χ2v) is 6.20. The lowest BCUT2D eigenvalue weighted by molar-refractivity contribution is -0.136. The number of ether oxygens (including phenoxy) is 1. The van der Waals surface area contributed by atoms with Crippen LogP contribution in [-0.2, 0) is 14.3 Å². The van der Waals surface area contributed by atoms with E-state index in [0.29, 0.717) is 16.9 Å². The minimum Gasteiger partial charge on any atom is -0.466 e. The fourth-order valence-electron chi connectivity index (χ4n) is 2.87. The molecule has 2 aromatic rings. The Kier molecular flexibility index (Phi) is 6.20. The lowest BCUT2D eigenvalue weighted by atomic mass is 10.2. The molecule has 1 aromatic carbocycles. The van der Waals surface area contributed by atoms with E-state index in [9.17, 15) is 14.4 Å². The lowest BCUT2D eigenvalue weighted by Gasteiger charge is -2.15. The van der Waals surface area contributed by atoms with Gasteiger partial charge in [0, 0.05) is 30.3 Å². The molecule has 2 heterocycles. The smallest absolute Gasteiger partial charge is 0.337 e. The van der Waals surface area contributed by atoms with E-state index < -0.39 is 11.9 Å². The summed E-state index contributed by atoms with van der Waals surface area (Å²) in [4.78, 5) is 42.2. The molecule has 0 spiro atoms. The van der Waals surface area contributed by atoms with Crippen LogP contribution >= 0.6 is 0 Å². The molecule has 1 aliphatic heterocycles. The highest BCUT2D eigenvalue weighted by atomic mass is 16.5. The van der Waals surface area contributed by atoms with E-state index >= 15 is 0 Å². The number of esters is 1. The first-order valence-corrected chi connectivity index (χ1v) is 8.83. The number of anilines is 2. The maximum atomic E-state index is 12.6. The van der Waals surface area contributed by atoms with Crippen molar-refractivity contribution in [2.24, 2.45) is 0 Å². The van der Waals surface area contributed by atoms with Gasteiger partial charge in [-0.3, -0.25) is 14.6 Å². The van der Waals surface area contributed by atoms with E-state index in [4.69, 9.17) is 9.84 Å². The number of β-amino-alcohol motifs (C(OH)–C–C–N with tert-alkyl or cyclic N) is 1. The number of carbonyl (C=O) groups is 3. The third kappa shape index (κ3) is 4.58. The van der Waals surface area contributed by atoms with E-state index in [1.54, 1.807) is 42.6 Å². The van der Waals surface area contributed by atoms with Gasteiger partial charge in [0.1, 0.15) is 5.70 Å². The Balaban J connectivity index is 1.80. The van der Waals surface area contributed by atoms with Gasteiger partial charge in [-0.15, -0.1) is 0 Å². The van der Waals surface area contributed by atoms with Crippen LogP contribution in [-0.4, -0.2) is 59.6 Å². The SMILES string of the molecule is COC(=O)C1=C(Nc2cccc(NC(=O)c3cccnc3)c2)C(=O)N(CCO)C1. The van der Waals surface area contributed by atoms with Crippen LogP contribution in [0.3, 0.4) is 0 Å². The highest BCUT2D eigenvalue weighted by molar-refractivity contribution is 6.09. The van der Waals surface area contributed by atoms with Crippen molar-refractivity contribution in [1.82, 2.24) is 9.88 Å². The molecular formula is C20H20N4O5. The Hall–Kier alpha value is -3.72. The number of hydrogen-bond donors (Lipinski definition) is 3. The predicted molar refractivity (Wildman–Crippen MR) is 105 cm³/mol. The minimum atomic E-state index is -0.623. The zero-order chi connectivity index (χ0) is 20.8. The number of rotatable bonds is 7. The van der Waals surface area contributed by atoms with Crippen LogP contribution in [0.2, 0.25) is 0 Å². The third-order valence-corrected chi connectivity index (χ3v) is 4.27. The summed E-state index contributed by atoms with van der Waals surface area (Å²) in [6, 6.07) is 10.0. The van der Waals surface area contributed by atoms with Gasteiger partial charge in [-0.05, 0) is 30.3 Å². The molecule has 1 aromatic heterocycles. The first-order valence-electron chi connectivity index (χ1n) is 8.83. The maximum absolute atomic E-state index is 12.6. The van der Waals surface area contributed by atoms with Gasteiger partial charge in [0.25, 0.3) is 11.8 Å². The molecule has 2 amide bonds. The van der Waals surface area contributed by atoms with Crippen molar-refractivity contribution in [2.75, 3.05) is 37.4 Å². The highest BCUT2D eigenvalue weighted by Crippen LogP contribution is 2.24. The Labute approximate surface area is 167 Å². The number of hydrogen-bond acceptors (Lipinski definition) is 7. The largest absolute Gasteiger partial charge is 0.466 e. The van der Waals surface area contributed by atoms with Gasteiger partial charge >= 0.3 is 5.97 Å². The van der Waals surface area contributed by atoms with Crippen molar-refractivity contribution in [1.29, 1.82) is 0 Å². The molecule has 9 nitrogen and oxygen atoms in total. The molecule has 0 saturated carbocycles. The highest BCUT2D eigenvalue weighted by Gasteiger charge is 2.34. The Bertz CT molecular complexity index is 958. The van der Waals surface area contributed by atoms with Gasteiger partial charge in [0.15, 0.2) is 0 Å². The van der Waals surface area contributed by atoms with Crippen LogP contribution < -0.4 is 10.6 Å². The Morgan fingerprint density at radius 2 is 2.03 bits per heavy atom. The normalized spacial score (nSPS) is 13.4. The molecule has 0 bridgehead atoms. The predicted octanol–water partition coefficient (Wildman–Crippen LogP) is 1.01. The summed E-state index contributed by atoms with van der Waals surface area (Å²) in [5.74, 6) is -1.36. The van der Waals surface area contributed by atoms with Crippen LogP contribution in [0, 0.1) is 0 Å². The number of aliphatic hydroxyl groups is 1. The Morgan fingerprint density at radius 3 is 2.72 bits per heavy atom. The molecule has 3 rings (SSSR count). The number of aromatic nitrogens is 1. The standard InChI is InChI=1S/C20H20N4O5/c1-29-20(28)16-12-24(8-9-25)19(27)17(16)22-14-5-2-6-15(10-14)23-18(26)13-4-3-7-21-11-13/h2-7,10-11,22,25H,8-9,12H2,1H3,(H,23,26). The van der Waals surface area contributed by atoms with Gasteiger partial charge in [-0.25, -0.2) is 4.79 Å². The van der Waals surface area contributed by atoms with E-state index in [1.807, 2.05) is 0 Å². The summed E-state index contributed by atoms with van der Waals surface area (Å²) >= 11 is 0. The molecule has 3 N–H and O–H groups in total. The second-order valence-electron chi connectivity index (χ2n) is 6.20. The average Bonchev–Trinajstić information content (AvgIpc) is 3.04. The van der Waals surface area contributed by atoms with Crippen LogP contribution in [0.1, 0.15) is 10.4 Å². The number of aliphatic hydroxyl groups excluding tert-OH is 1. The van der Waals surface area contributed by atoms with Gasteiger partial charge in [-0.2, -0.15) is 0 Å². The van der Waals surface area contributed by atoms with Gasteiger partial charge in [-0.1, -0.05) is 6.07 Å². The van der Waals surface area contributed by atoms with E-state index in [1.165, 1.54) is 18.2 Å². The Morgan fingerprint density at radius 1 is 1.24 bits per heavy atom. The van der Waals surface area contributed by atoms with Crippen molar-refractivity contribution in [3.8, 4) is 0 Å². The molecule has 0 atom stereocenters. The fourth-order valence-corrected chi connectivity index (χ4v) is 2.87. The monoisotopic (exact) mass is 396 g/mol. The molecule has 29 heavy (non-hydrogen) atoms. The van der Waals surface area contributed by atoms with Crippen molar-refractivity contribution < 1.29 is 24.2 Å². The lowest BCUT2D eigenvalue weighted by Crippen LogP contribution is -2.31. The van der Waals surface area contributed by atoms with Crippen molar-refractivity contribution >= 4 is 29.2 Å². The summed E-state index contributed by atoms with van der Waals surface area (Å²) in [7, 11) is 1.24. The third-order valence-electron chi connectivity index (χ3n) is 4.27. The van der Waals surface area contributed by atoms with Gasteiger partial charge in [0.05, 0.1) is 31.4 Å². The molecule has 0 radical (unpaired) electrons. The van der Waals surface area contributed by atoms with Crippen LogP contribution in [0.5, 0.6) is 0 Å². The van der Waals surface area contributed by atoms with E-state index in [-0.39, 0.29) is 36.9 Å². The summed E-state index contributed by atoms with van der Waals surface area (Å²) in [5, 5.41) is 14.8. The summed E-state index contributed by atoms with van der Waals surface area (Å²) in [6.07, 6.45) is 3.03. The van der Waals surface area contributed by atoms with Crippen LogP contribution in [0.15, 0.2) is 60.1 Å². The molecular weight excluding hydrogens is 376 g/mol. The number of carbonyl (C=O) groups excluding carboxylic acids is 3. The maximum Gasteiger partial charge on any atom is 0.337 e. The average molecular weight is 396 g/mol. The second kappa shape index (κ2) is 8.98. The quantitative estimate of drug-likeness (QED) is 0.597. The molecule has 150 valence electrons. The molecule has 0 fully saturated rings. The number of pyridine rings is 1.